The van der Waals surface area contributed by atoms with Crippen molar-refractivity contribution in [3.05, 3.63) is 95.1 Å². The maximum atomic E-state index is 12.8. The number of amides is 2. The number of benzene rings is 3. The van der Waals surface area contributed by atoms with Crippen LogP contribution in [-0.4, -0.2) is 62.4 Å². The number of epoxide rings is 2. The van der Waals surface area contributed by atoms with Crippen molar-refractivity contribution < 1.29 is 38.1 Å². The third-order valence-electron chi connectivity index (χ3n) is 5.75. The quantitative estimate of drug-likeness (QED) is 0.310. The van der Waals surface area contributed by atoms with Gasteiger partial charge in [0.25, 0.3) is 11.8 Å². The lowest BCUT2D eigenvalue weighted by atomic mass is 10.1. The first kappa shape index (κ1) is 25.1. The Morgan fingerprint density at radius 3 is 1.39 bits per heavy atom. The second kappa shape index (κ2) is 11.2. The van der Waals surface area contributed by atoms with E-state index in [4.69, 9.17) is 18.9 Å². The lowest BCUT2D eigenvalue weighted by molar-refractivity contribution is 0.0468. The van der Waals surface area contributed by atoms with E-state index < -0.39 is 23.8 Å². The lowest BCUT2D eigenvalue weighted by Gasteiger charge is -2.09. The number of rotatable bonds is 10. The van der Waals surface area contributed by atoms with Crippen LogP contribution in [0.1, 0.15) is 41.4 Å². The first-order chi connectivity index (χ1) is 18.4. The number of esters is 2. The first-order valence-electron chi connectivity index (χ1n) is 11.9. The zero-order valence-corrected chi connectivity index (χ0v) is 20.2. The summed E-state index contributed by atoms with van der Waals surface area (Å²) in [7, 11) is 0. The van der Waals surface area contributed by atoms with Crippen molar-refractivity contribution in [1.82, 2.24) is 0 Å². The van der Waals surface area contributed by atoms with E-state index in [0.29, 0.717) is 35.7 Å². The van der Waals surface area contributed by atoms with Crippen LogP contribution in [0.3, 0.4) is 0 Å². The third-order valence-corrected chi connectivity index (χ3v) is 5.75. The Bertz CT molecular complexity index is 1250. The minimum atomic E-state index is -0.463. The van der Waals surface area contributed by atoms with Gasteiger partial charge < -0.3 is 29.6 Å². The fourth-order valence-electron chi connectivity index (χ4n) is 3.42. The summed E-state index contributed by atoms with van der Waals surface area (Å²) in [6.45, 7) is 1.64. The highest BCUT2D eigenvalue weighted by Crippen LogP contribution is 2.17. The van der Waals surface area contributed by atoms with Gasteiger partial charge in [0.2, 0.25) is 0 Å². The Morgan fingerprint density at radius 2 is 1.03 bits per heavy atom. The molecule has 2 aliphatic rings. The normalized spacial score (nSPS) is 17.2. The van der Waals surface area contributed by atoms with Crippen LogP contribution in [0, 0.1) is 0 Å². The predicted molar refractivity (Wildman–Crippen MR) is 135 cm³/mol. The maximum Gasteiger partial charge on any atom is 0.338 e. The molecule has 0 spiro atoms. The minimum Gasteiger partial charge on any atom is -0.459 e. The molecule has 10 heteroatoms. The van der Waals surface area contributed by atoms with Gasteiger partial charge in [0, 0.05) is 22.5 Å². The van der Waals surface area contributed by atoms with Crippen molar-refractivity contribution in [2.75, 3.05) is 37.1 Å². The van der Waals surface area contributed by atoms with Gasteiger partial charge in [-0.1, -0.05) is 6.07 Å². The molecule has 10 nitrogen and oxygen atoms in total. The summed E-state index contributed by atoms with van der Waals surface area (Å²) in [4.78, 5) is 49.6. The Hall–Kier alpha value is -4.54. The number of hydrogen-bond acceptors (Lipinski definition) is 8. The van der Waals surface area contributed by atoms with Crippen LogP contribution in [-0.2, 0) is 18.9 Å². The van der Waals surface area contributed by atoms with Gasteiger partial charge in [0.15, 0.2) is 0 Å². The fourth-order valence-corrected chi connectivity index (χ4v) is 3.42. The third kappa shape index (κ3) is 6.81. The molecule has 2 aliphatic heterocycles. The summed E-state index contributed by atoms with van der Waals surface area (Å²) in [5.41, 5.74) is 2.25. The van der Waals surface area contributed by atoms with Crippen molar-refractivity contribution in [2.45, 2.75) is 12.2 Å². The molecule has 0 bridgehead atoms. The average molecular weight is 517 g/mol. The van der Waals surface area contributed by atoms with Crippen molar-refractivity contribution in [3.8, 4) is 0 Å². The predicted octanol–water partition coefficient (Wildman–Crippen LogP) is 3.30. The van der Waals surface area contributed by atoms with E-state index in [1.165, 1.54) is 6.07 Å². The van der Waals surface area contributed by atoms with Crippen LogP contribution in [0.15, 0.2) is 72.8 Å². The summed E-state index contributed by atoms with van der Waals surface area (Å²) in [6.07, 6.45) is -0.0292. The second-order valence-corrected chi connectivity index (χ2v) is 8.75. The molecule has 38 heavy (non-hydrogen) atoms. The molecule has 0 saturated carbocycles. The number of ether oxygens (including phenoxy) is 4. The lowest BCUT2D eigenvalue weighted by Crippen LogP contribution is -2.16. The molecule has 2 saturated heterocycles. The van der Waals surface area contributed by atoms with Gasteiger partial charge in [0.05, 0.1) is 24.3 Å². The summed E-state index contributed by atoms with van der Waals surface area (Å²) >= 11 is 0. The second-order valence-electron chi connectivity index (χ2n) is 8.75. The van der Waals surface area contributed by atoms with Crippen molar-refractivity contribution in [3.63, 3.8) is 0 Å². The highest BCUT2D eigenvalue weighted by atomic mass is 16.6. The van der Waals surface area contributed by atoms with Crippen LogP contribution in [0.5, 0.6) is 0 Å². The molecule has 0 aliphatic carbocycles. The molecule has 194 valence electrons. The van der Waals surface area contributed by atoms with Gasteiger partial charge in [-0.3, -0.25) is 9.59 Å². The summed E-state index contributed by atoms with van der Waals surface area (Å²) in [5.74, 6) is -1.76. The summed E-state index contributed by atoms with van der Waals surface area (Å²) < 4.78 is 20.3. The molecule has 3 aromatic carbocycles. The molecular formula is C28H24N2O8. The van der Waals surface area contributed by atoms with E-state index >= 15 is 0 Å². The number of nitrogens with one attached hydrogen (secondary N) is 2. The number of anilines is 2. The Kier molecular flexibility index (Phi) is 7.43. The fraction of sp³-hybridized carbons (Fsp3) is 0.214. The molecular weight excluding hydrogens is 492 g/mol. The molecule has 0 radical (unpaired) electrons. The molecule has 2 fully saturated rings. The number of carbonyl (C=O) groups excluding carboxylic acids is 4. The van der Waals surface area contributed by atoms with Crippen LogP contribution in [0.2, 0.25) is 0 Å². The van der Waals surface area contributed by atoms with Crippen molar-refractivity contribution in [1.29, 1.82) is 0 Å². The van der Waals surface area contributed by atoms with E-state index in [1.807, 2.05) is 0 Å². The molecule has 2 unspecified atom stereocenters. The monoisotopic (exact) mass is 516 g/mol. The summed E-state index contributed by atoms with van der Waals surface area (Å²) in [5, 5.41) is 5.49. The molecule has 5 rings (SSSR count). The molecule has 2 amide bonds. The maximum absolute atomic E-state index is 12.8. The van der Waals surface area contributed by atoms with E-state index in [0.717, 1.165) is 0 Å². The Balaban J connectivity index is 1.15. The largest absolute Gasteiger partial charge is 0.459 e. The highest BCUT2D eigenvalue weighted by molar-refractivity contribution is 6.09. The van der Waals surface area contributed by atoms with Gasteiger partial charge in [-0.25, -0.2) is 9.59 Å². The van der Waals surface area contributed by atoms with Crippen LogP contribution in [0.4, 0.5) is 11.4 Å². The van der Waals surface area contributed by atoms with E-state index in [1.54, 1.807) is 66.7 Å². The van der Waals surface area contributed by atoms with Crippen LogP contribution < -0.4 is 10.6 Å². The Morgan fingerprint density at radius 1 is 0.632 bits per heavy atom. The van der Waals surface area contributed by atoms with E-state index in [9.17, 15) is 19.2 Å². The van der Waals surface area contributed by atoms with Gasteiger partial charge in [-0.2, -0.15) is 0 Å². The van der Waals surface area contributed by atoms with Gasteiger partial charge in [0.1, 0.15) is 25.4 Å². The Labute approximate surface area is 217 Å². The van der Waals surface area contributed by atoms with Crippen molar-refractivity contribution >= 4 is 35.1 Å². The summed E-state index contributed by atoms with van der Waals surface area (Å²) in [6, 6.07) is 18.9. The van der Waals surface area contributed by atoms with Gasteiger partial charge in [-0.15, -0.1) is 0 Å². The highest BCUT2D eigenvalue weighted by Gasteiger charge is 2.25. The zero-order chi connectivity index (χ0) is 26.5. The SMILES string of the molecule is O=C(Nc1ccc(C(=O)OCC2CO2)cc1)c1cccc(C(=O)Nc2ccc(C(=O)OCC3CO3)cc2)c1. The first-order valence-corrected chi connectivity index (χ1v) is 11.9. The van der Waals surface area contributed by atoms with Gasteiger partial charge >= 0.3 is 11.9 Å². The van der Waals surface area contributed by atoms with Crippen LogP contribution in [0.25, 0.3) is 0 Å². The van der Waals surface area contributed by atoms with Crippen molar-refractivity contribution in [2.24, 2.45) is 0 Å². The van der Waals surface area contributed by atoms with E-state index in [2.05, 4.69) is 10.6 Å². The smallest absolute Gasteiger partial charge is 0.338 e. The number of carbonyl (C=O) groups is 4. The minimum absolute atomic E-state index is 0.0146. The molecule has 2 N–H and O–H groups in total. The molecule has 2 heterocycles. The van der Waals surface area contributed by atoms with Gasteiger partial charge in [-0.05, 0) is 66.7 Å². The van der Waals surface area contributed by atoms with E-state index in [-0.39, 0.29) is 36.5 Å². The van der Waals surface area contributed by atoms with Crippen LogP contribution >= 0.6 is 0 Å². The number of hydrogen-bond donors (Lipinski definition) is 2. The topological polar surface area (TPSA) is 136 Å². The standard InChI is InChI=1S/C28H24N2O8/c31-25(29-21-8-4-17(5-9-21)27(33)37-15-23-13-35-23)19-2-1-3-20(12-19)26(32)30-22-10-6-18(7-11-22)28(34)38-16-24-14-36-24/h1-12,23-24H,13-16H2,(H,29,31)(H,30,32). The zero-order valence-electron chi connectivity index (χ0n) is 20.2. The average Bonchev–Trinajstić information content (AvgIpc) is 3.87. The molecule has 3 aromatic rings. The molecule has 2 atom stereocenters. The molecule has 0 aromatic heterocycles.